The molecule has 0 saturated carbocycles. The highest BCUT2D eigenvalue weighted by Gasteiger charge is 2.18. The maximum Gasteiger partial charge on any atom is 0.159 e. The second-order valence-electron chi connectivity index (χ2n) is 4.38. The number of hydrogen-bond donors (Lipinski definition) is 1. The van der Waals surface area contributed by atoms with Crippen molar-refractivity contribution < 1.29 is 0 Å². The lowest BCUT2D eigenvalue weighted by atomic mass is 10.1. The van der Waals surface area contributed by atoms with E-state index in [0.717, 1.165) is 41.1 Å². The Morgan fingerprint density at radius 3 is 2.67 bits per heavy atom. The molecule has 1 aromatic heterocycles. The number of aryl methyl sites for hydroxylation is 1. The predicted molar refractivity (Wildman–Crippen MR) is 75.1 cm³/mol. The molecule has 0 amide bonds. The van der Waals surface area contributed by atoms with Crippen LogP contribution in [0.15, 0.2) is 28.7 Å². The average molecular weight is 304 g/mol. The fourth-order valence-electron chi connectivity index (χ4n) is 2.26. The van der Waals surface area contributed by atoms with Gasteiger partial charge in [0.1, 0.15) is 0 Å². The second kappa shape index (κ2) is 4.78. The molecule has 0 fully saturated rings. The second-order valence-corrected chi connectivity index (χ2v) is 5.30. The van der Waals surface area contributed by atoms with Gasteiger partial charge in [-0.25, -0.2) is 9.97 Å². The maximum absolute atomic E-state index is 4.70. The molecule has 1 N–H and O–H groups in total. The minimum absolute atomic E-state index is 0.835. The third kappa shape index (κ3) is 2.06. The lowest BCUT2D eigenvalue weighted by molar-refractivity contribution is 0.755. The molecule has 0 spiro atoms. The van der Waals surface area contributed by atoms with Crippen molar-refractivity contribution in [2.75, 3.05) is 0 Å². The Balaban J connectivity index is 2.10. The molecular formula is C14H14BrN3. The Morgan fingerprint density at radius 2 is 1.94 bits per heavy atom. The SMILES string of the molecule is CCc1nc(-c2ccc(Br)cc2)nc2c1CNC2. The summed E-state index contributed by atoms with van der Waals surface area (Å²) in [6, 6.07) is 8.15. The molecule has 0 atom stereocenters. The molecule has 18 heavy (non-hydrogen) atoms. The third-order valence-corrected chi connectivity index (χ3v) is 3.74. The number of nitrogens with one attached hydrogen (secondary N) is 1. The summed E-state index contributed by atoms with van der Waals surface area (Å²) in [5.41, 5.74) is 4.68. The number of nitrogens with zero attached hydrogens (tertiary/aromatic N) is 2. The Morgan fingerprint density at radius 1 is 1.17 bits per heavy atom. The molecule has 92 valence electrons. The Bertz CT molecular complexity index is 578. The van der Waals surface area contributed by atoms with E-state index in [2.05, 4.69) is 33.2 Å². The van der Waals surface area contributed by atoms with Crippen molar-refractivity contribution >= 4 is 15.9 Å². The molecule has 0 unspecified atom stereocenters. The van der Waals surface area contributed by atoms with Crippen LogP contribution in [0.3, 0.4) is 0 Å². The number of benzene rings is 1. The highest BCUT2D eigenvalue weighted by Crippen LogP contribution is 2.23. The zero-order chi connectivity index (χ0) is 12.5. The van der Waals surface area contributed by atoms with E-state index in [1.807, 2.05) is 24.3 Å². The normalized spacial score (nSPS) is 13.7. The first-order valence-electron chi connectivity index (χ1n) is 6.13. The highest BCUT2D eigenvalue weighted by atomic mass is 79.9. The van der Waals surface area contributed by atoms with Crippen molar-refractivity contribution in [1.82, 2.24) is 15.3 Å². The largest absolute Gasteiger partial charge is 0.307 e. The number of hydrogen-bond acceptors (Lipinski definition) is 3. The van der Waals surface area contributed by atoms with E-state index >= 15 is 0 Å². The summed E-state index contributed by atoms with van der Waals surface area (Å²) in [5.74, 6) is 0.835. The van der Waals surface area contributed by atoms with Gasteiger partial charge < -0.3 is 5.32 Å². The molecule has 0 radical (unpaired) electrons. The smallest absolute Gasteiger partial charge is 0.159 e. The van der Waals surface area contributed by atoms with Gasteiger partial charge in [-0.3, -0.25) is 0 Å². The maximum atomic E-state index is 4.70. The van der Waals surface area contributed by atoms with Gasteiger partial charge >= 0.3 is 0 Å². The fraction of sp³-hybridized carbons (Fsp3) is 0.286. The van der Waals surface area contributed by atoms with Crippen LogP contribution in [-0.4, -0.2) is 9.97 Å². The molecular weight excluding hydrogens is 290 g/mol. The monoisotopic (exact) mass is 303 g/mol. The molecule has 1 aliphatic heterocycles. The topological polar surface area (TPSA) is 37.8 Å². The van der Waals surface area contributed by atoms with Crippen LogP contribution in [0, 0.1) is 0 Å². The van der Waals surface area contributed by atoms with E-state index < -0.39 is 0 Å². The highest BCUT2D eigenvalue weighted by molar-refractivity contribution is 9.10. The van der Waals surface area contributed by atoms with Gasteiger partial charge in [-0.15, -0.1) is 0 Å². The predicted octanol–water partition coefficient (Wildman–Crippen LogP) is 3.07. The summed E-state index contributed by atoms with van der Waals surface area (Å²) < 4.78 is 1.07. The minimum Gasteiger partial charge on any atom is -0.307 e. The summed E-state index contributed by atoms with van der Waals surface area (Å²) >= 11 is 3.45. The molecule has 1 aliphatic rings. The van der Waals surface area contributed by atoms with Gasteiger partial charge in [0.2, 0.25) is 0 Å². The van der Waals surface area contributed by atoms with Gasteiger partial charge in [-0.05, 0) is 18.6 Å². The quantitative estimate of drug-likeness (QED) is 0.926. The zero-order valence-electron chi connectivity index (χ0n) is 10.2. The third-order valence-electron chi connectivity index (χ3n) is 3.21. The molecule has 3 nitrogen and oxygen atoms in total. The van der Waals surface area contributed by atoms with Crippen molar-refractivity contribution in [2.24, 2.45) is 0 Å². The van der Waals surface area contributed by atoms with E-state index in [-0.39, 0.29) is 0 Å². The van der Waals surface area contributed by atoms with E-state index in [1.54, 1.807) is 0 Å². The van der Waals surface area contributed by atoms with Crippen LogP contribution in [0.25, 0.3) is 11.4 Å². The molecule has 1 aromatic carbocycles. The summed E-state index contributed by atoms with van der Waals surface area (Å²) in [6.45, 7) is 3.90. The standard InChI is InChI=1S/C14H14BrN3/c1-2-12-11-7-16-8-13(11)18-14(17-12)9-3-5-10(15)6-4-9/h3-6,16H,2,7-8H2,1H3. The van der Waals surface area contributed by atoms with Gasteiger partial charge in [0, 0.05) is 34.4 Å². The zero-order valence-corrected chi connectivity index (χ0v) is 11.8. The molecule has 2 aromatic rings. The molecule has 2 heterocycles. The Hall–Kier alpha value is -1.26. The lowest BCUT2D eigenvalue weighted by Gasteiger charge is -2.08. The van der Waals surface area contributed by atoms with Crippen LogP contribution in [0.4, 0.5) is 0 Å². The van der Waals surface area contributed by atoms with Crippen molar-refractivity contribution in [2.45, 2.75) is 26.4 Å². The van der Waals surface area contributed by atoms with Crippen molar-refractivity contribution in [1.29, 1.82) is 0 Å². The summed E-state index contributed by atoms with van der Waals surface area (Å²) in [6.07, 6.45) is 0.954. The number of rotatable bonds is 2. The van der Waals surface area contributed by atoms with E-state index in [1.165, 1.54) is 11.3 Å². The summed E-state index contributed by atoms with van der Waals surface area (Å²) in [7, 11) is 0. The number of aromatic nitrogens is 2. The number of fused-ring (bicyclic) bond motifs is 1. The molecule has 0 bridgehead atoms. The molecule has 4 heteroatoms. The van der Waals surface area contributed by atoms with Crippen LogP contribution in [0.5, 0.6) is 0 Å². The number of halogens is 1. The van der Waals surface area contributed by atoms with E-state index in [4.69, 9.17) is 4.98 Å². The van der Waals surface area contributed by atoms with Crippen molar-refractivity contribution in [3.63, 3.8) is 0 Å². The van der Waals surface area contributed by atoms with Crippen LogP contribution in [-0.2, 0) is 19.5 Å². The molecule has 3 rings (SSSR count). The van der Waals surface area contributed by atoms with Gasteiger partial charge in [-0.2, -0.15) is 0 Å². The van der Waals surface area contributed by atoms with E-state index in [9.17, 15) is 0 Å². The average Bonchev–Trinajstić information content (AvgIpc) is 2.86. The van der Waals surface area contributed by atoms with Crippen LogP contribution < -0.4 is 5.32 Å². The molecule has 0 saturated heterocycles. The van der Waals surface area contributed by atoms with Gasteiger partial charge in [0.15, 0.2) is 5.82 Å². The van der Waals surface area contributed by atoms with Crippen LogP contribution in [0.1, 0.15) is 23.9 Å². The van der Waals surface area contributed by atoms with Gasteiger partial charge in [-0.1, -0.05) is 35.0 Å². The van der Waals surface area contributed by atoms with Crippen molar-refractivity contribution in [3.8, 4) is 11.4 Å². The summed E-state index contributed by atoms with van der Waals surface area (Å²) in [5, 5.41) is 3.34. The minimum atomic E-state index is 0.835. The van der Waals surface area contributed by atoms with Crippen LogP contribution >= 0.6 is 15.9 Å². The van der Waals surface area contributed by atoms with Crippen molar-refractivity contribution in [3.05, 3.63) is 45.7 Å². The fourth-order valence-corrected chi connectivity index (χ4v) is 2.52. The van der Waals surface area contributed by atoms with Gasteiger partial charge in [0.05, 0.1) is 5.69 Å². The first-order valence-corrected chi connectivity index (χ1v) is 6.92. The summed E-state index contributed by atoms with van der Waals surface area (Å²) in [4.78, 5) is 9.37. The first kappa shape index (κ1) is 11.8. The van der Waals surface area contributed by atoms with Gasteiger partial charge in [0.25, 0.3) is 0 Å². The lowest BCUT2D eigenvalue weighted by Crippen LogP contribution is -2.02. The Labute approximate surface area is 115 Å². The first-order chi connectivity index (χ1) is 8.78. The van der Waals surface area contributed by atoms with Crippen LogP contribution in [0.2, 0.25) is 0 Å². The molecule has 0 aliphatic carbocycles. The Kier molecular flexibility index (Phi) is 3.14. The van der Waals surface area contributed by atoms with E-state index in [0.29, 0.717) is 0 Å².